The number of nitrogens with two attached hydrogens (primary N) is 1. The van der Waals surface area contributed by atoms with Gasteiger partial charge in [-0.2, -0.15) is 5.10 Å². The number of pyridine rings is 1. The summed E-state index contributed by atoms with van der Waals surface area (Å²) in [7, 11) is 0. The maximum Gasteiger partial charge on any atom is 0.263 e. The molecule has 3 N–H and O–H groups in total. The Balaban J connectivity index is 1.32. The Hall–Kier alpha value is -3.05. The summed E-state index contributed by atoms with van der Waals surface area (Å²) >= 11 is 0. The van der Waals surface area contributed by atoms with Crippen LogP contribution in [0.2, 0.25) is 0 Å². The van der Waals surface area contributed by atoms with Crippen molar-refractivity contribution in [2.24, 2.45) is 4.99 Å². The minimum absolute atomic E-state index is 0.00916. The van der Waals surface area contributed by atoms with E-state index >= 15 is 0 Å². The molecule has 3 aliphatic rings. The summed E-state index contributed by atoms with van der Waals surface area (Å²) < 4.78 is 20.4. The molecule has 2 atom stereocenters. The number of fused-ring (bicyclic) bond motifs is 1. The highest BCUT2D eigenvalue weighted by molar-refractivity contribution is 6.11. The lowest BCUT2D eigenvalue weighted by Crippen LogP contribution is -2.50. The molecule has 2 fully saturated rings. The largest absolute Gasteiger partial charge is 0.381 e. The fourth-order valence-electron chi connectivity index (χ4n) is 4.39. The van der Waals surface area contributed by atoms with Crippen molar-refractivity contribution in [2.45, 2.75) is 25.2 Å². The third kappa shape index (κ3) is 3.86. The van der Waals surface area contributed by atoms with E-state index in [9.17, 15) is 9.18 Å². The van der Waals surface area contributed by atoms with Crippen LogP contribution in [0.5, 0.6) is 0 Å². The Bertz CT molecular complexity index is 995. The quantitative estimate of drug-likeness (QED) is 0.749. The van der Waals surface area contributed by atoms with Crippen molar-refractivity contribution in [3.05, 3.63) is 24.0 Å². The zero-order chi connectivity index (χ0) is 21.4. The van der Waals surface area contributed by atoms with Crippen LogP contribution in [-0.2, 0) is 11.3 Å². The first-order valence-electron chi connectivity index (χ1n) is 10.5. The number of hydrogen-bond donors (Lipinski definition) is 2. The van der Waals surface area contributed by atoms with Gasteiger partial charge < -0.3 is 20.7 Å². The molecule has 0 radical (unpaired) electrons. The van der Waals surface area contributed by atoms with Gasteiger partial charge in [-0.05, 0) is 12.5 Å². The molecule has 31 heavy (non-hydrogen) atoms. The molecular formula is C20H25FN8O2. The number of nitrogens with one attached hydrogen (secondary N) is 1. The number of hydrogen-bond acceptors (Lipinski definition) is 8. The molecule has 0 aliphatic carbocycles. The van der Waals surface area contributed by atoms with Crippen LogP contribution in [0, 0.1) is 0 Å². The maximum absolute atomic E-state index is 13.6. The molecule has 0 aromatic carbocycles. The number of amides is 1. The highest BCUT2D eigenvalue weighted by Gasteiger charge is 2.29. The third-order valence-electron chi connectivity index (χ3n) is 6.01. The van der Waals surface area contributed by atoms with E-state index < -0.39 is 12.1 Å². The van der Waals surface area contributed by atoms with Gasteiger partial charge in [-0.3, -0.25) is 14.7 Å². The van der Waals surface area contributed by atoms with Crippen LogP contribution in [-0.4, -0.2) is 83.4 Å². The van der Waals surface area contributed by atoms with E-state index in [0.29, 0.717) is 11.7 Å². The van der Waals surface area contributed by atoms with Crippen LogP contribution in [0.25, 0.3) is 0 Å². The summed E-state index contributed by atoms with van der Waals surface area (Å²) in [5.74, 6) is -0.150. The second-order valence-electron chi connectivity index (χ2n) is 7.95. The number of aliphatic imine (C=N–C) groups is 1. The first kappa shape index (κ1) is 19.9. The number of nitrogen functional groups attached to an aromatic ring is 1. The summed E-state index contributed by atoms with van der Waals surface area (Å²) in [5.41, 5.74) is 7.58. The number of ether oxygens (including phenoxy) is 1. The topological polar surface area (TPSA) is 114 Å². The molecule has 0 bridgehead atoms. The zero-order valence-corrected chi connectivity index (χ0v) is 17.1. The summed E-state index contributed by atoms with van der Waals surface area (Å²) in [6, 6.07) is 2.40. The molecule has 1 unspecified atom stereocenters. The van der Waals surface area contributed by atoms with Gasteiger partial charge in [-0.1, -0.05) is 0 Å². The van der Waals surface area contributed by atoms with E-state index in [-0.39, 0.29) is 23.7 Å². The van der Waals surface area contributed by atoms with Gasteiger partial charge in [0.15, 0.2) is 17.8 Å². The Labute approximate surface area is 178 Å². The molecule has 10 nitrogen and oxygen atoms in total. The minimum atomic E-state index is -1.25. The van der Waals surface area contributed by atoms with Gasteiger partial charge in [0.1, 0.15) is 5.56 Å². The average molecular weight is 428 g/mol. The van der Waals surface area contributed by atoms with Crippen LogP contribution in [0.4, 0.5) is 27.4 Å². The predicted octanol–water partition coefficient (Wildman–Crippen LogP) is 1.08. The Morgan fingerprint density at radius 2 is 2.13 bits per heavy atom. The number of carbonyl (C=O) groups excluding carboxylic acids is 1. The van der Waals surface area contributed by atoms with E-state index in [1.54, 1.807) is 12.4 Å². The Kier molecular flexibility index (Phi) is 5.28. The Morgan fingerprint density at radius 1 is 1.29 bits per heavy atom. The van der Waals surface area contributed by atoms with E-state index in [4.69, 9.17) is 10.5 Å². The van der Waals surface area contributed by atoms with Crippen molar-refractivity contribution in [2.75, 3.05) is 55.3 Å². The highest BCUT2D eigenvalue weighted by Crippen LogP contribution is 2.31. The van der Waals surface area contributed by atoms with Crippen molar-refractivity contribution >= 4 is 35.1 Å². The first-order valence-corrected chi connectivity index (χ1v) is 10.5. The lowest BCUT2D eigenvalue weighted by atomic mass is 10.1. The Morgan fingerprint density at radius 3 is 2.90 bits per heavy atom. The van der Waals surface area contributed by atoms with Gasteiger partial charge in [0.2, 0.25) is 0 Å². The standard InChI is InChI=1S/C20H25FN8O2/c21-13-9-24-19-17(18(22)26-29(19)11-13)20(30)25-15-10-23-3-1-16(15)28-6-4-27(5-7-28)14-2-8-31-12-14/h1,3,9-10,13-14H,2,4-8,11-12H2,(H2,22,26)(H,25,30)/t13?,14-/m1/s1. The third-order valence-corrected chi connectivity index (χ3v) is 6.01. The van der Waals surface area contributed by atoms with Crippen molar-refractivity contribution in [3.8, 4) is 0 Å². The maximum atomic E-state index is 13.6. The molecule has 3 aliphatic heterocycles. The average Bonchev–Trinajstić information content (AvgIpc) is 3.41. The summed E-state index contributed by atoms with van der Waals surface area (Å²) in [6.45, 7) is 5.20. The van der Waals surface area contributed by atoms with Crippen molar-refractivity contribution in [1.82, 2.24) is 19.7 Å². The molecule has 2 saturated heterocycles. The number of alkyl halides is 1. The summed E-state index contributed by atoms with van der Waals surface area (Å²) in [4.78, 5) is 25.9. The van der Waals surface area contributed by atoms with Crippen LogP contribution in [0.15, 0.2) is 23.5 Å². The predicted molar refractivity (Wildman–Crippen MR) is 115 cm³/mol. The molecule has 2 aromatic heterocycles. The number of nitrogens with zero attached hydrogens (tertiary/aromatic N) is 6. The monoisotopic (exact) mass is 428 g/mol. The molecule has 2 aromatic rings. The van der Waals surface area contributed by atoms with Crippen LogP contribution in [0.1, 0.15) is 16.8 Å². The summed E-state index contributed by atoms with van der Waals surface area (Å²) in [6.07, 6.45) is 4.33. The molecular weight excluding hydrogens is 403 g/mol. The molecule has 164 valence electrons. The minimum Gasteiger partial charge on any atom is -0.381 e. The van der Waals surface area contributed by atoms with Crippen LogP contribution < -0.4 is 16.0 Å². The molecule has 0 spiro atoms. The van der Waals surface area contributed by atoms with Gasteiger partial charge in [0.25, 0.3) is 5.91 Å². The second-order valence-corrected chi connectivity index (χ2v) is 7.95. The van der Waals surface area contributed by atoms with Crippen LogP contribution >= 0.6 is 0 Å². The number of anilines is 3. The van der Waals surface area contributed by atoms with Gasteiger partial charge >= 0.3 is 0 Å². The lowest BCUT2D eigenvalue weighted by Gasteiger charge is -2.39. The number of rotatable bonds is 4. The second kappa shape index (κ2) is 8.23. The fourth-order valence-corrected chi connectivity index (χ4v) is 4.39. The van der Waals surface area contributed by atoms with Gasteiger partial charge in [0.05, 0.1) is 30.7 Å². The SMILES string of the molecule is Nc1nn2c(c1C(=O)Nc1cnccc1N1CCN([C@@H]3CCOC3)CC1)N=CC(F)C2. The van der Waals surface area contributed by atoms with Crippen LogP contribution in [0.3, 0.4) is 0 Å². The molecule has 5 heterocycles. The number of aromatic nitrogens is 3. The van der Waals surface area contributed by atoms with Crippen molar-refractivity contribution < 1.29 is 13.9 Å². The fraction of sp³-hybridized carbons (Fsp3) is 0.500. The molecule has 5 rings (SSSR count). The molecule has 0 saturated carbocycles. The van der Waals surface area contributed by atoms with E-state index in [1.165, 1.54) is 4.68 Å². The normalized spacial score (nSPS) is 23.7. The number of carbonyl (C=O) groups is 1. The zero-order valence-electron chi connectivity index (χ0n) is 17.1. The number of halogens is 1. The highest BCUT2D eigenvalue weighted by atomic mass is 19.1. The first-order chi connectivity index (χ1) is 15.1. The van der Waals surface area contributed by atoms with E-state index in [0.717, 1.165) is 57.7 Å². The van der Waals surface area contributed by atoms with Crippen molar-refractivity contribution in [3.63, 3.8) is 0 Å². The van der Waals surface area contributed by atoms with Gasteiger partial charge in [-0.15, -0.1) is 0 Å². The van der Waals surface area contributed by atoms with Gasteiger partial charge in [0, 0.05) is 51.2 Å². The number of piperazine rings is 1. The lowest BCUT2D eigenvalue weighted by molar-refractivity contribution is 0.102. The van der Waals surface area contributed by atoms with Crippen molar-refractivity contribution in [1.29, 1.82) is 0 Å². The van der Waals surface area contributed by atoms with E-state index in [1.807, 2.05) is 6.07 Å². The molecule has 11 heteroatoms. The van der Waals surface area contributed by atoms with E-state index in [2.05, 4.69) is 30.2 Å². The smallest absolute Gasteiger partial charge is 0.263 e. The molecule has 1 amide bonds. The van der Waals surface area contributed by atoms with Gasteiger partial charge in [-0.25, -0.2) is 14.1 Å². The summed E-state index contributed by atoms with van der Waals surface area (Å²) in [5, 5.41) is 6.96.